The summed E-state index contributed by atoms with van der Waals surface area (Å²) in [4.78, 5) is 23.4. The number of aliphatic hydroxyl groups is 1. The highest BCUT2D eigenvalue weighted by atomic mass is 16.5. The van der Waals surface area contributed by atoms with Crippen LogP contribution in [0.3, 0.4) is 0 Å². The number of nitrogens with one attached hydrogen (secondary N) is 1. The van der Waals surface area contributed by atoms with Crippen molar-refractivity contribution in [2.75, 3.05) is 34.4 Å². The minimum absolute atomic E-state index is 0.329. The molecule has 0 saturated heterocycles. The molecule has 0 radical (unpaired) electrons. The number of methoxy groups -OCH3 is 1. The number of carbonyl (C=O) groups excluding carboxylic acids is 2. The zero-order valence-corrected chi connectivity index (χ0v) is 9.11. The van der Waals surface area contributed by atoms with Gasteiger partial charge in [0.2, 0.25) is 5.91 Å². The summed E-state index contributed by atoms with van der Waals surface area (Å²) in [7, 11) is 4.47. The largest absolute Gasteiger partial charge is 0.503 e. The number of nitrogens with zero attached hydrogens (tertiary/aromatic N) is 1. The van der Waals surface area contributed by atoms with Gasteiger partial charge < -0.3 is 20.1 Å². The highest BCUT2D eigenvalue weighted by Gasteiger charge is 2.11. The van der Waals surface area contributed by atoms with Gasteiger partial charge in [-0.2, -0.15) is 0 Å². The van der Waals surface area contributed by atoms with Gasteiger partial charge in [0.15, 0.2) is 5.76 Å². The lowest BCUT2D eigenvalue weighted by atomic mass is 10.4. The molecule has 0 fully saturated rings. The number of hydrogen-bond donors (Lipinski definition) is 2. The van der Waals surface area contributed by atoms with E-state index in [1.807, 2.05) is 0 Å². The van der Waals surface area contributed by atoms with Crippen LogP contribution >= 0.6 is 0 Å². The lowest BCUT2D eigenvalue weighted by Gasteiger charge is -2.08. The van der Waals surface area contributed by atoms with E-state index in [-0.39, 0.29) is 0 Å². The van der Waals surface area contributed by atoms with Gasteiger partial charge in [-0.05, 0) is 0 Å². The fraction of sp³-hybridized carbons (Fsp3) is 0.556. The third-order valence-electron chi connectivity index (χ3n) is 1.50. The molecule has 0 aliphatic carbocycles. The third kappa shape index (κ3) is 5.69. The second-order valence-corrected chi connectivity index (χ2v) is 3.01. The molecule has 0 saturated carbocycles. The summed E-state index contributed by atoms with van der Waals surface area (Å²) in [6, 6.07) is 0. The van der Waals surface area contributed by atoms with Crippen molar-refractivity contribution in [1.29, 1.82) is 0 Å². The van der Waals surface area contributed by atoms with Gasteiger partial charge in [-0.3, -0.25) is 9.59 Å². The summed E-state index contributed by atoms with van der Waals surface area (Å²) < 4.78 is 4.71. The molecule has 6 heteroatoms. The molecule has 0 bridgehead atoms. The first kappa shape index (κ1) is 13.4. The van der Waals surface area contributed by atoms with Crippen molar-refractivity contribution < 1.29 is 19.4 Å². The Hall–Kier alpha value is -1.56. The Kier molecular flexibility index (Phi) is 6.12. The van der Waals surface area contributed by atoms with Crippen molar-refractivity contribution in [3.8, 4) is 0 Å². The molecule has 0 aliphatic rings. The number of aliphatic hydroxyl groups excluding tert-OH is 1. The monoisotopic (exact) mass is 216 g/mol. The third-order valence-corrected chi connectivity index (χ3v) is 1.50. The number of likely N-dealkylation sites (N-methyl/N-ethyl adjacent to an activating group) is 1. The maximum atomic E-state index is 11.1. The Morgan fingerprint density at radius 1 is 1.47 bits per heavy atom. The van der Waals surface area contributed by atoms with Gasteiger partial charge in [-0.15, -0.1) is 0 Å². The van der Waals surface area contributed by atoms with E-state index in [0.717, 1.165) is 6.08 Å². The molecule has 2 amide bonds. The van der Waals surface area contributed by atoms with Gasteiger partial charge in [-0.1, -0.05) is 0 Å². The second-order valence-electron chi connectivity index (χ2n) is 3.01. The first-order valence-corrected chi connectivity index (χ1v) is 4.38. The molecule has 0 spiro atoms. The standard InChI is InChI=1S/C9H16N2O4/c1-11(2)9(14)7(12)6-8(13)10-4-5-15-3/h6,12H,4-5H2,1-3H3,(H,10,13)/b7-6-. The van der Waals surface area contributed by atoms with Gasteiger partial charge in [-0.25, -0.2) is 0 Å². The first-order valence-electron chi connectivity index (χ1n) is 4.38. The molecule has 15 heavy (non-hydrogen) atoms. The lowest BCUT2D eigenvalue weighted by molar-refractivity contribution is -0.128. The Morgan fingerprint density at radius 2 is 2.07 bits per heavy atom. The quantitative estimate of drug-likeness (QED) is 0.361. The van der Waals surface area contributed by atoms with Crippen LogP contribution in [0, 0.1) is 0 Å². The van der Waals surface area contributed by atoms with E-state index in [1.54, 1.807) is 0 Å². The molecular weight excluding hydrogens is 200 g/mol. The molecule has 0 aromatic rings. The summed E-state index contributed by atoms with van der Waals surface area (Å²) in [6.45, 7) is 0.706. The average Bonchev–Trinajstić information content (AvgIpc) is 2.16. The van der Waals surface area contributed by atoms with E-state index in [1.165, 1.54) is 26.1 Å². The van der Waals surface area contributed by atoms with Crippen LogP contribution < -0.4 is 5.32 Å². The van der Waals surface area contributed by atoms with Gasteiger partial charge in [0.25, 0.3) is 5.91 Å². The molecule has 0 atom stereocenters. The van der Waals surface area contributed by atoms with Crippen LogP contribution in [0.2, 0.25) is 0 Å². The van der Waals surface area contributed by atoms with Crippen LogP contribution in [0.25, 0.3) is 0 Å². The Balaban J connectivity index is 4.12. The van der Waals surface area contributed by atoms with E-state index in [4.69, 9.17) is 4.74 Å². The first-order chi connectivity index (χ1) is 6.99. The molecule has 86 valence electrons. The number of hydrogen-bond acceptors (Lipinski definition) is 4. The van der Waals surface area contributed by atoms with Gasteiger partial charge in [0.05, 0.1) is 12.7 Å². The van der Waals surface area contributed by atoms with Gasteiger partial charge in [0.1, 0.15) is 0 Å². The maximum absolute atomic E-state index is 11.1. The molecule has 0 heterocycles. The summed E-state index contributed by atoms with van der Waals surface area (Å²) in [5, 5.41) is 11.6. The fourth-order valence-electron chi connectivity index (χ4n) is 0.742. The van der Waals surface area contributed by atoms with E-state index in [9.17, 15) is 14.7 Å². The van der Waals surface area contributed by atoms with Crippen molar-refractivity contribution in [2.45, 2.75) is 0 Å². The van der Waals surface area contributed by atoms with Crippen LogP contribution in [-0.2, 0) is 14.3 Å². The summed E-state index contributed by atoms with van der Waals surface area (Å²) in [5.41, 5.74) is 0. The molecule has 0 aromatic heterocycles. The van der Waals surface area contributed by atoms with E-state index >= 15 is 0 Å². The Labute approximate surface area is 88.5 Å². The molecular formula is C9H16N2O4. The highest BCUT2D eigenvalue weighted by molar-refractivity contribution is 5.98. The highest BCUT2D eigenvalue weighted by Crippen LogP contribution is 1.93. The zero-order valence-electron chi connectivity index (χ0n) is 9.11. The van der Waals surface area contributed by atoms with Crippen LogP contribution in [-0.4, -0.2) is 56.2 Å². The summed E-state index contributed by atoms with van der Waals surface area (Å²) in [6.07, 6.45) is 0.845. The molecule has 0 aromatic carbocycles. The molecule has 0 unspecified atom stereocenters. The van der Waals surface area contributed by atoms with Crippen LogP contribution in [0.5, 0.6) is 0 Å². The average molecular weight is 216 g/mol. The van der Waals surface area contributed by atoms with Crippen molar-refractivity contribution in [2.24, 2.45) is 0 Å². The van der Waals surface area contributed by atoms with Crippen molar-refractivity contribution in [3.05, 3.63) is 11.8 Å². The number of rotatable bonds is 5. The maximum Gasteiger partial charge on any atom is 0.288 e. The normalized spacial score (nSPS) is 11.0. The lowest BCUT2D eigenvalue weighted by Crippen LogP contribution is -2.28. The van der Waals surface area contributed by atoms with Crippen LogP contribution in [0.1, 0.15) is 0 Å². The smallest absolute Gasteiger partial charge is 0.288 e. The predicted octanol–water partition coefficient (Wildman–Crippen LogP) is -0.721. The van der Waals surface area contributed by atoms with Crippen LogP contribution in [0.4, 0.5) is 0 Å². The van der Waals surface area contributed by atoms with Gasteiger partial charge >= 0.3 is 0 Å². The zero-order chi connectivity index (χ0) is 11.8. The number of ether oxygens (including phenoxy) is 1. The Bertz CT molecular complexity index is 261. The number of amides is 2. The summed E-state index contributed by atoms with van der Waals surface area (Å²) >= 11 is 0. The Morgan fingerprint density at radius 3 is 2.53 bits per heavy atom. The van der Waals surface area contributed by atoms with E-state index in [0.29, 0.717) is 13.2 Å². The summed E-state index contributed by atoms with van der Waals surface area (Å²) in [5.74, 6) is -1.73. The fourth-order valence-corrected chi connectivity index (χ4v) is 0.742. The molecule has 2 N–H and O–H groups in total. The topological polar surface area (TPSA) is 78.9 Å². The minimum Gasteiger partial charge on any atom is -0.503 e. The molecule has 6 nitrogen and oxygen atoms in total. The van der Waals surface area contributed by atoms with Crippen molar-refractivity contribution in [1.82, 2.24) is 10.2 Å². The molecule has 0 rings (SSSR count). The van der Waals surface area contributed by atoms with E-state index in [2.05, 4.69) is 5.32 Å². The van der Waals surface area contributed by atoms with Crippen molar-refractivity contribution >= 4 is 11.8 Å². The van der Waals surface area contributed by atoms with Crippen molar-refractivity contribution in [3.63, 3.8) is 0 Å². The van der Waals surface area contributed by atoms with Crippen LogP contribution in [0.15, 0.2) is 11.8 Å². The number of carbonyl (C=O) groups is 2. The minimum atomic E-state index is -0.614. The predicted molar refractivity (Wildman–Crippen MR) is 54.3 cm³/mol. The second kappa shape index (κ2) is 6.83. The van der Waals surface area contributed by atoms with Gasteiger partial charge in [0, 0.05) is 27.7 Å². The van der Waals surface area contributed by atoms with E-state index < -0.39 is 17.6 Å². The SMILES string of the molecule is COCCNC(=O)/C=C(\O)C(=O)N(C)C. The molecule has 0 aliphatic heterocycles.